The number of ether oxygens (including phenoxy) is 2. The van der Waals surface area contributed by atoms with Crippen LogP contribution < -0.4 is 19.3 Å². The standard InChI is InChI=1S/C23H30N2O2.ClH/c1-14-9-20(26-7)10-15(2)22(14)24-13-25(19(6)18(24)5)23-16(3)11-21(27-8)12-17(23)4;/h9-12H,13H2,1-8H3;1H. The molecule has 152 valence electrons. The van der Waals surface area contributed by atoms with Crippen molar-refractivity contribution in [2.24, 2.45) is 0 Å². The molecule has 2 aromatic rings. The Morgan fingerprint density at radius 2 is 0.893 bits per heavy atom. The van der Waals surface area contributed by atoms with Crippen molar-refractivity contribution in [2.75, 3.05) is 30.7 Å². The molecule has 0 bridgehead atoms. The van der Waals surface area contributed by atoms with Crippen LogP contribution >= 0.6 is 12.4 Å². The van der Waals surface area contributed by atoms with Gasteiger partial charge in [-0.05, 0) is 88.1 Å². The molecule has 28 heavy (non-hydrogen) atoms. The van der Waals surface area contributed by atoms with Crippen molar-refractivity contribution in [1.29, 1.82) is 0 Å². The van der Waals surface area contributed by atoms with Crippen LogP contribution in [0.25, 0.3) is 0 Å². The average molecular weight is 403 g/mol. The highest BCUT2D eigenvalue weighted by Gasteiger charge is 2.29. The van der Waals surface area contributed by atoms with Crippen molar-refractivity contribution in [2.45, 2.75) is 41.5 Å². The molecule has 1 aliphatic rings. The molecule has 0 aliphatic carbocycles. The SMILES string of the molecule is COc1cc(C)c(N2CN(c3c(C)cc(OC)cc3C)C(C)=C2C)c(C)c1.Cl. The zero-order valence-corrected chi connectivity index (χ0v) is 19.0. The highest BCUT2D eigenvalue weighted by molar-refractivity contribution is 5.85. The summed E-state index contributed by atoms with van der Waals surface area (Å²) in [6.07, 6.45) is 0. The number of benzene rings is 2. The quantitative estimate of drug-likeness (QED) is 0.636. The Morgan fingerprint density at radius 1 is 0.607 bits per heavy atom. The van der Waals surface area contributed by atoms with E-state index in [1.165, 1.54) is 45.0 Å². The minimum Gasteiger partial charge on any atom is -0.497 e. The van der Waals surface area contributed by atoms with Crippen molar-refractivity contribution < 1.29 is 9.47 Å². The number of rotatable bonds is 4. The van der Waals surface area contributed by atoms with Crippen LogP contribution in [-0.2, 0) is 0 Å². The minimum atomic E-state index is 0. The molecular weight excluding hydrogens is 372 g/mol. The monoisotopic (exact) mass is 402 g/mol. The van der Waals surface area contributed by atoms with Gasteiger partial charge in [0, 0.05) is 22.8 Å². The third-order valence-corrected chi connectivity index (χ3v) is 5.56. The number of allylic oxidation sites excluding steroid dienone is 2. The summed E-state index contributed by atoms with van der Waals surface area (Å²) >= 11 is 0. The van der Waals surface area contributed by atoms with Crippen molar-refractivity contribution in [1.82, 2.24) is 0 Å². The predicted molar refractivity (Wildman–Crippen MR) is 120 cm³/mol. The molecule has 0 aromatic heterocycles. The van der Waals surface area contributed by atoms with E-state index in [1.54, 1.807) is 14.2 Å². The normalized spacial score (nSPS) is 13.7. The molecule has 0 amide bonds. The van der Waals surface area contributed by atoms with Gasteiger partial charge in [0.25, 0.3) is 0 Å². The van der Waals surface area contributed by atoms with Crippen LogP contribution in [0.3, 0.4) is 0 Å². The molecule has 1 heterocycles. The first-order valence-electron chi connectivity index (χ1n) is 9.31. The molecule has 1 aliphatic heterocycles. The molecule has 0 atom stereocenters. The second-order valence-corrected chi connectivity index (χ2v) is 7.39. The van der Waals surface area contributed by atoms with Crippen LogP contribution in [0.4, 0.5) is 11.4 Å². The predicted octanol–water partition coefficient (Wildman–Crippen LogP) is 5.89. The largest absolute Gasteiger partial charge is 0.497 e. The summed E-state index contributed by atoms with van der Waals surface area (Å²) in [5, 5.41) is 0. The van der Waals surface area contributed by atoms with Gasteiger partial charge in [0.05, 0.1) is 20.9 Å². The number of methoxy groups -OCH3 is 2. The van der Waals surface area contributed by atoms with Gasteiger partial charge in [-0.15, -0.1) is 12.4 Å². The maximum atomic E-state index is 5.43. The lowest BCUT2D eigenvalue weighted by Gasteiger charge is -2.28. The van der Waals surface area contributed by atoms with E-state index < -0.39 is 0 Å². The molecular formula is C23H31ClN2O2. The van der Waals surface area contributed by atoms with Crippen molar-refractivity contribution in [3.63, 3.8) is 0 Å². The van der Waals surface area contributed by atoms with E-state index in [4.69, 9.17) is 9.47 Å². The molecule has 2 aromatic carbocycles. The van der Waals surface area contributed by atoms with Gasteiger partial charge < -0.3 is 19.3 Å². The fourth-order valence-corrected chi connectivity index (χ4v) is 4.14. The van der Waals surface area contributed by atoms with Crippen LogP contribution in [0.15, 0.2) is 35.7 Å². The second-order valence-electron chi connectivity index (χ2n) is 7.39. The first kappa shape index (κ1) is 22.0. The van der Waals surface area contributed by atoms with Gasteiger partial charge in [0.2, 0.25) is 0 Å². The van der Waals surface area contributed by atoms with Crippen LogP contribution in [0, 0.1) is 27.7 Å². The lowest BCUT2D eigenvalue weighted by Crippen LogP contribution is -2.29. The summed E-state index contributed by atoms with van der Waals surface area (Å²) < 4.78 is 10.9. The molecule has 4 nitrogen and oxygen atoms in total. The van der Waals surface area contributed by atoms with E-state index in [0.29, 0.717) is 0 Å². The Kier molecular flexibility index (Phi) is 6.56. The maximum Gasteiger partial charge on any atom is 0.119 e. The molecule has 0 spiro atoms. The highest BCUT2D eigenvalue weighted by Crippen LogP contribution is 2.40. The Hall–Kier alpha value is -2.33. The molecule has 5 heteroatoms. The van der Waals surface area contributed by atoms with Crippen LogP contribution in [0.2, 0.25) is 0 Å². The molecule has 0 saturated heterocycles. The summed E-state index contributed by atoms with van der Waals surface area (Å²) in [5.41, 5.74) is 9.99. The number of aryl methyl sites for hydroxylation is 4. The number of anilines is 2. The Bertz CT molecular complexity index is 801. The molecule has 3 rings (SSSR count). The summed E-state index contributed by atoms with van der Waals surface area (Å²) in [6, 6.07) is 8.43. The van der Waals surface area contributed by atoms with Crippen LogP contribution in [0.5, 0.6) is 11.5 Å². The topological polar surface area (TPSA) is 24.9 Å². The maximum absolute atomic E-state index is 5.43. The van der Waals surface area contributed by atoms with Crippen LogP contribution in [-0.4, -0.2) is 20.9 Å². The van der Waals surface area contributed by atoms with E-state index in [1.807, 2.05) is 0 Å². The van der Waals surface area contributed by atoms with E-state index in [0.717, 1.165) is 18.2 Å². The number of hydrogen-bond acceptors (Lipinski definition) is 4. The zero-order chi connectivity index (χ0) is 19.9. The first-order chi connectivity index (χ1) is 12.8. The Labute approximate surface area is 175 Å². The average Bonchev–Trinajstić information content (AvgIpc) is 2.89. The molecule has 0 saturated carbocycles. The van der Waals surface area contributed by atoms with E-state index in [2.05, 4.69) is 75.6 Å². The Morgan fingerprint density at radius 3 is 1.14 bits per heavy atom. The highest BCUT2D eigenvalue weighted by atomic mass is 35.5. The van der Waals surface area contributed by atoms with Gasteiger partial charge in [-0.1, -0.05) is 0 Å². The van der Waals surface area contributed by atoms with E-state index in [-0.39, 0.29) is 12.4 Å². The smallest absolute Gasteiger partial charge is 0.119 e. The number of hydrogen-bond donors (Lipinski definition) is 0. The van der Waals surface area contributed by atoms with Gasteiger partial charge in [0.1, 0.15) is 11.5 Å². The lowest BCUT2D eigenvalue weighted by molar-refractivity contribution is 0.414. The zero-order valence-electron chi connectivity index (χ0n) is 18.1. The molecule has 0 fully saturated rings. The van der Waals surface area contributed by atoms with Gasteiger partial charge >= 0.3 is 0 Å². The number of nitrogens with zero attached hydrogens (tertiary/aromatic N) is 2. The van der Waals surface area contributed by atoms with E-state index >= 15 is 0 Å². The Balaban J connectivity index is 0.00000280. The summed E-state index contributed by atoms with van der Waals surface area (Å²) in [4.78, 5) is 4.81. The van der Waals surface area contributed by atoms with Crippen molar-refractivity contribution in [3.8, 4) is 11.5 Å². The van der Waals surface area contributed by atoms with Crippen molar-refractivity contribution in [3.05, 3.63) is 57.9 Å². The summed E-state index contributed by atoms with van der Waals surface area (Å²) in [7, 11) is 3.44. The lowest BCUT2D eigenvalue weighted by atomic mass is 10.1. The van der Waals surface area contributed by atoms with Crippen LogP contribution in [0.1, 0.15) is 36.1 Å². The van der Waals surface area contributed by atoms with Gasteiger partial charge in [-0.25, -0.2) is 0 Å². The summed E-state index contributed by atoms with van der Waals surface area (Å²) in [5.74, 6) is 1.81. The minimum absolute atomic E-state index is 0. The molecule has 0 radical (unpaired) electrons. The van der Waals surface area contributed by atoms with E-state index in [9.17, 15) is 0 Å². The number of halogens is 1. The fraction of sp³-hybridized carbons (Fsp3) is 0.391. The molecule has 0 N–H and O–H groups in total. The van der Waals surface area contributed by atoms with Gasteiger partial charge in [-0.3, -0.25) is 0 Å². The second kappa shape index (κ2) is 8.36. The summed E-state index contributed by atoms with van der Waals surface area (Å²) in [6.45, 7) is 13.8. The first-order valence-corrected chi connectivity index (χ1v) is 9.31. The molecule has 0 unspecified atom stereocenters. The van der Waals surface area contributed by atoms with Gasteiger partial charge in [-0.2, -0.15) is 0 Å². The third-order valence-electron chi connectivity index (χ3n) is 5.56. The van der Waals surface area contributed by atoms with Gasteiger partial charge in [0.15, 0.2) is 0 Å². The third kappa shape index (κ3) is 3.66. The fourth-order valence-electron chi connectivity index (χ4n) is 4.14. The van der Waals surface area contributed by atoms with Crippen molar-refractivity contribution >= 4 is 23.8 Å².